The zero-order valence-electron chi connectivity index (χ0n) is 10.3. The van der Waals surface area contributed by atoms with Crippen LogP contribution in [0.2, 0.25) is 0 Å². The fraction of sp³-hybridized carbons (Fsp3) is 0.455. The third-order valence-electron chi connectivity index (χ3n) is 2.24. The summed E-state index contributed by atoms with van der Waals surface area (Å²) < 4.78 is 54.4. The predicted molar refractivity (Wildman–Crippen MR) is 64.7 cm³/mol. The molecule has 0 aromatic heterocycles. The summed E-state index contributed by atoms with van der Waals surface area (Å²) in [6, 6.07) is 3.81. The van der Waals surface area contributed by atoms with Crippen LogP contribution >= 0.6 is 0 Å². The van der Waals surface area contributed by atoms with Gasteiger partial charge >= 0.3 is 0 Å². The highest BCUT2D eigenvalue weighted by molar-refractivity contribution is 7.89. The maximum Gasteiger partial charge on any atom is 0.251 e. The molecule has 0 heterocycles. The summed E-state index contributed by atoms with van der Waals surface area (Å²) in [7, 11) is -4.02. The summed E-state index contributed by atoms with van der Waals surface area (Å²) in [5.74, 6) is 0.359. The summed E-state index contributed by atoms with van der Waals surface area (Å²) in [5, 5.41) is 9.14. The number of sulfonamides is 1. The summed E-state index contributed by atoms with van der Waals surface area (Å²) >= 11 is 0. The minimum Gasteiger partial charge on any atom is -0.494 e. The van der Waals surface area contributed by atoms with Crippen LogP contribution in [0.4, 0.5) is 8.78 Å². The molecular weight excluding hydrogens is 280 g/mol. The van der Waals surface area contributed by atoms with Crippen LogP contribution in [0.25, 0.3) is 0 Å². The summed E-state index contributed by atoms with van der Waals surface area (Å²) in [6.07, 6.45) is -2.77. The Bertz CT molecular complexity index is 519. The Balaban J connectivity index is 3.01. The highest BCUT2D eigenvalue weighted by Crippen LogP contribution is 2.22. The summed E-state index contributed by atoms with van der Waals surface area (Å²) in [6.45, 7) is 0.746. The van der Waals surface area contributed by atoms with Crippen molar-refractivity contribution in [3.63, 3.8) is 0 Å². The smallest absolute Gasteiger partial charge is 0.251 e. The van der Waals surface area contributed by atoms with Gasteiger partial charge in [-0.15, -0.1) is 0 Å². The van der Waals surface area contributed by atoms with Gasteiger partial charge in [0, 0.05) is 5.56 Å². The van der Waals surface area contributed by atoms with Crippen molar-refractivity contribution in [1.29, 1.82) is 0 Å². The highest BCUT2D eigenvalue weighted by Gasteiger charge is 2.18. The molecule has 8 heteroatoms. The third kappa shape index (κ3) is 4.41. The van der Waals surface area contributed by atoms with Crippen molar-refractivity contribution in [2.24, 2.45) is 0 Å². The second-order valence-electron chi connectivity index (χ2n) is 3.60. The minimum absolute atomic E-state index is 0.194. The molecule has 19 heavy (non-hydrogen) atoms. The fourth-order valence-electron chi connectivity index (χ4n) is 1.40. The zero-order valence-corrected chi connectivity index (χ0v) is 11.1. The molecule has 2 N–H and O–H groups in total. The molecule has 0 fully saturated rings. The molecule has 0 atom stereocenters. The molecule has 0 aliphatic heterocycles. The lowest BCUT2D eigenvalue weighted by Crippen LogP contribution is -2.28. The first kappa shape index (κ1) is 15.8. The molecular formula is C11H15F2NO4S. The van der Waals surface area contributed by atoms with E-state index in [0.717, 1.165) is 0 Å². The summed E-state index contributed by atoms with van der Waals surface area (Å²) in [4.78, 5) is -0.194. The molecule has 0 bridgehead atoms. The van der Waals surface area contributed by atoms with Gasteiger partial charge < -0.3 is 9.84 Å². The second kappa shape index (κ2) is 6.78. The zero-order chi connectivity index (χ0) is 14.5. The monoisotopic (exact) mass is 295 g/mol. The van der Waals surface area contributed by atoms with E-state index in [1.165, 1.54) is 18.2 Å². The lowest BCUT2D eigenvalue weighted by atomic mass is 10.2. The van der Waals surface area contributed by atoms with Crippen molar-refractivity contribution in [2.45, 2.75) is 24.9 Å². The lowest BCUT2D eigenvalue weighted by molar-refractivity contribution is 0.153. The number of benzene rings is 1. The van der Waals surface area contributed by atoms with Crippen LogP contribution < -0.4 is 9.46 Å². The van der Waals surface area contributed by atoms with Gasteiger partial charge in [0.15, 0.2) is 0 Å². The van der Waals surface area contributed by atoms with Gasteiger partial charge in [-0.3, -0.25) is 0 Å². The van der Waals surface area contributed by atoms with Gasteiger partial charge in [-0.2, -0.15) is 0 Å². The van der Waals surface area contributed by atoms with Gasteiger partial charge in [0.2, 0.25) is 10.0 Å². The maximum absolute atomic E-state index is 12.0. The van der Waals surface area contributed by atoms with E-state index in [1.54, 1.807) is 11.6 Å². The number of rotatable bonds is 7. The Hall–Kier alpha value is -1.25. The molecule has 5 nitrogen and oxygen atoms in total. The van der Waals surface area contributed by atoms with Crippen LogP contribution in [-0.2, 0) is 16.6 Å². The molecule has 0 saturated carbocycles. The Morgan fingerprint density at radius 3 is 2.63 bits per heavy atom. The van der Waals surface area contributed by atoms with Crippen molar-refractivity contribution >= 4 is 10.0 Å². The highest BCUT2D eigenvalue weighted by atomic mass is 32.2. The molecule has 0 unspecified atom stereocenters. The lowest BCUT2D eigenvalue weighted by Gasteiger charge is -2.11. The van der Waals surface area contributed by atoms with E-state index in [9.17, 15) is 17.2 Å². The number of hydrogen-bond acceptors (Lipinski definition) is 4. The number of alkyl halides is 2. The van der Waals surface area contributed by atoms with E-state index in [4.69, 9.17) is 9.84 Å². The third-order valence-corrected chi connectivity index (χ3v) is 3.66. The topological polar surface area (TPSA) is 75.6 Å². The number of aliphatic hydroxyl groups excluding tert-OH is 1. The van der Waals surface area contributed by atoms with Crippen LogP contribution in [0, 0.1) is 0 Å². The molecule has 0 radical (unpaired) electrons. The largest absolute Gasteiger partial charge is 0.494 e. The first-order chi connectivity index (χ1) is 8.90. The van der Waals surface area contributed by atoms with E-state index in [1.807, 2.05) is 0 Å². The van der Waals surface area contributed by atoms with Gasteiger partial charge in [0.05, 0.1) is 24.7 Å². The maximum atomic E-state index is 12.0. The van der Waals surface area contributed by atoms with Crippen molar-refractivity contribution in [2.75, 3.05) is 13.2 Å². The SMILES string of the molecule is CCOc1ccc(S(=O)(=O)NCC(F)F)cc1CO. The van der Waals surface area contributed by atoms with Crippen LogP contribution in [0.5, 0.6) is 5.75 Å². The Kier molecular flexibility index (Phi) is 5.64. The molecule has 108 valence electrons. The number of halogens is 2. The average Bonchev–Trinajstić information content (AvgIpc) is 2.37. The van der Waals surface area contributed by atoms with E-state index >= 15 is 0 Å². The summed E-state index contributed by atoms with van der Waals surface area (Å²) in [5.41, 5.74) is 0.279. The first-order valence-corrected chi connectivity index (χ1v) is 7.03. The molecule has 0 aliphatic carbocycles. The van der Waals surface area contributed by atoms with Gasteiger partial charge in [0.1, 0.15) is 5.75 Å². The van der Waals surface area contributed by atoms with Crippen LogP contribution in [0.3, 0.4) is 0 Å². The Labute approximate surface area is 110 Å². The number of aliphatic hydroxyl groups is 1. The van der Waals surface area contributed by atoms with Crippen molar-refractivity contribution in [3.8, 4) is 5.75 Å². The number of nitrogens with one attached hydrogen (secondary N) is 1. The minimum atomic E-state index is -4.02. The van der Waals surface area contributed by atoms with Crippen molar-refractivity contribution in [1.82, 2.24) is 4.72 Å². The molecule has 1 aromatic rings. The molecule has 1 aromatic carbocycles. The van der Waals surface area contributed by atoms with Gasteiger partial charge in [-0.1, -0.05) is 0 Å². The van der Waals surface area contributed by atoms with Crippen LogP contribution in [-0.4, -0.2) is 33.1 Å². The molecule has 0 saturated heterocycles. The fourth-order valence-corrected chi connectivity index (χ4v) is 2.46. The van der Waals surface area contributed by atoms with Crippen LogP contribution in [0.15, 0.2) is 23.1 Å². The standard InChI is InChI=1S/C11H15F2NO4S/c1-2-18-10-4-3-9(5-8(10)7-15)19(16,17)14-6-11(12)13/h3-5,11,14-15H,2,6-7H2,1H3. The molecule has 1 rings (SSSR count). The second-order valence-corrected chi connectivity index (χ2v) is 5.37. The number of hydrogen-bond donors (Lipinski definition) is 2. The van der Waals surface area contributed by atoms with E-state index in [-0.39, 0.29) is 10.5 Å². The van der Waals surface area contributed by atoms with Crippen LogP contribution in [0.1, 0.15) is 12.5 Å². The Morgan fingerprint density at radius 2 is 2.11 bits per heavy atom. The number of ether oxygens (including phenoxy) is 1. The van der Waals surface area contributed by atoms with Gasteiger partial charge in [0.25, 0.3) is 6.43 Å². The predicted octanol–water partition coefficient (Wildman–Crippen LogP) is 1.12. The van der Waals surface area contributed by atoms with Gasteiger partial charge in [-0.05, 0) is 25.1 Å². The Morgan fingerprint density at radius 1 is 1.42 bits per heavy atom. The normalized spacial score (nSPS) is 11.8. The van der Waals surface area contributed by atoms with E-state index in [0.29, 0.717) is 12.4 Å². The van der Waals surface area contributed by atoms with Gasteiger partial charge in [-0.25, -0.2) is 21.9 Å². The molecule has 0 amide bonds. The molecule has 0 aliphatic rings. The van der Waals surface area contributed by atoms with Crippen molar-refractivity contribution < 1.29 is 27.0 Å². The average molecular weight is 295 g/mol. The molecule has 0 spiro atoms. The quantitative estimate of drug-likeness (QED) is 0.790. The van der Waals surface area contributed by atoms with E-state index < -0.39 is 29.6 Å². The van der Waals surface area contributed by atoms with E-state index in [2.05, 4.69) is 0 Å². The first-order valence-electron chi connectivity index (χ1n) is 5.55. The van der Waals surface area contributed by atoms with Crippen molar-refractivity contribution in [3.05, 3.63) is 23.8 Å².